The van der Waals surface area contributed by atoms with Crippen LogP contribution >= 0.6 is 11.3 Å². The summed E-state index contributed by atoms with van der Waals surface area (Å²) in [6.07, 6.45) is 0.307. The Morgan fingerprint density at radius 3 is 2.67 bits per heavy atom. The van der Waals surface area contributed by atoms with E-state index in [1.807, 2.05) is 17.5 Å². The van der Waals surface area contributed by atoms with Crippen LogP contribution < -0.4 is 0 Å². The van der Waals surface area contributed by atoms with Crippen molar-refractivity contribution in [1.29, 1.82) is 0 Å². The lowest BCUT2D eigenvalue weighted by molar-refractivity contribution is 0.175. The third-order valence-electron chi connectivity index (χ3n) is 3.51. The summed E-state index contributed by atoms with van der Waals surface area (Å²) in [6, 6.07) is 7.36. The molecule has 128 valence electrons. The number of benzene rings is 1. The van der Waals surface area contributed by atoms with Gasteiger partial charge in [0.15, 0.2) is 11.6 Å². The van der Waals surface area contributed by atoms with Crippen molar-refractivity contribution in [2.24, 2.45) is 0 Å². The van der Waals surface area contributed by atoms with Crippen LogP contribution in [0.2, 0.25) is 0 Å². The number of aromatic hydroxyl groups is 1. The number of thiophene rings is 1. The van der Waals surface area contributed by atoms with Crippen molar-refractivity contribution in [3.8, 4) is 5.75 Å². The monoisotopic (exact) mass is 350 g/mol. The molecule has 1 aromatic heterocycles. The molecule has 0 saturated heterocycles. The molecule has 0 aliphatic heterocycles. The van der Waals surface area contributed by atoms with E-state index in [1.165, 1.54) is 23.5 Å². The Hall–Kier alpha value is -1.95. The highest BCUT2D eigenvalue weighted by atomic mass is 32.1. The Bertz CT molecular complexity index is 721. The molecule has 0 aliphatic carbocycles. The fourth-order valence-electron chi connectivity index (χ4n) is 2.17. The van der Waals surface area contributed by atoms with Crippen molar-refractivity contribution in [3.63, 3.8) is 0 Å². The average Bonchev–Trinajstić information content (AvgIpc) is 3.10. The molecule has 0 aliphatic rings. The normalized spacial score (nSPS) is 13.2. The van der Waals surface area contributed by atoms with Crippen LogP contribution in [0.5, 0.6) is 5.75 Å². The molecule has 0 spiro atoms. The summed E-state index contributed by atoms with van der Waals surface area (Å²) in [5.41, 5.74) is 3.73. The lowest BCUT2D eigenvalue weighted by atomic mass is 10.0. The lowest BCUT2D eigenvalue weighted by Crippen LogP contribution is -2.00. The maximum absolute atomic E-state index is 13.3. The minimum Gasteiger partial charge on any atom is -0.505 e. The Morgan fingerprint density at radius 1 is 1.25 bits per heavy atom. The zero-order valence-electron chi connectivity index (χ0n) is 12.9. The van der Waals surface area contributed by atoms with Gasteiger partial charge in [-0.05, 0) is 40.8 Å². The number of hydrogen-bond donors (Lipinski definition) is 4. The van der Waals surface area contributed by atoms with Crippen molar-refractivity contribution >= 4 is 11.3 Å². The van der Waals surface area contributed by atoms with Gasteiger partial charge in [0.2, 0.25) is 0 Å². The van der Waals surface area contributed by atoms with Gasteiger partial charge in [0.25, 0.3) is 0 Å². The summed E-state index contributed by atoms with van der Waals surface area (Å²) in [7, 11) is 0. The summed E-state index contributed by atoms with van der Waals surface area (Å²) in [4.78, 5) is 0.808. The van der Waals surface area contributed by atoms with E-state index < -0.39 is 23.8 Å². The molecule has 0 bridgehead atoms. The summed E-state index contributed by atoms with van der Waals surface area (Å²) in [6.45, 7) is -0.247. The smallest absolute Gasteiger partial charge is 0.165 e. The van der Waals surface area contributed by atoms with Crippen LogP contribution in [-0.2, 0) is 0 Å². The standard InChI is InChI=1S/C18H19FO4S/c19-14-10-13(6-7-16(14)22)15(21)4-1-3-12(11-20)9-17(23)18-5-2-8-24-18/h1-2,5-8,10,15,17,20-23H,4,9,11H2/t3?,15-,17-/m1/s1. The summed E-state index contributed by atoms with van der Waals surface area (Å²) >= 11 is 1.43. The van der Waals surface area contributed by atoms with Gasteiger partial charge in [-0.25, -0.2) is 4.39 Å². The van der Waals surface area contributed by atoms with Gasteiger partial charge in [0, 0.05) is 17.7 Å². The van der Waals surface area contributed by atoms with Gasteiger partial charge in [-0.15, -0.1) is 17.1 Å². The molecule has 0 fully saturated rings. The van der Waals surface area contributed by atoms with Crippen LogP contribution in [0, 0.1) is 5.82 Å². The summed E-state index contributed by atoms with van der Waals surface area (Å²) in [5.74, 6) is -1.26. The number of aliphatic hydroxyl groups excluding tert-OH is 3. The number of hydrogen-bond acceptors (Lipinski definition) is 5. The second kappa shape index (κ2) is 8.78. The molecule has 6 heteroatoms. The van der Waals surface area contributed by atoms with E-state index >= 15 is 0 Å². The number of phenolic OH excluding ortho intramolecular Hbond substituents is 1. The van der Waals surface area contributed by atoms with Gasteiger partial charge < -0.3 is 20.4 Å². The van der Waals surface area contributed by atoms with Gasteiger partial charge in [0.05, 0.1) is 18.8 Å². The molecular formula is C18H19FO4S. The van der Waals surface area contributed by atoms with Crippen LogP contribution in [0.25, 0.3) is 0 Å². The summed E-state index contributed by atoms with van der Waals surface area (Å²) in [5, 5.41) is 40.4. The van der Waals surface area contributed by atoms with Gasteiger partial charge >= 0.3 is 0 Å². The fraction of sp³-hybridized carbons (Fsp3) is 0.278. The van der Waals surface area contributed by atoms with Crippen LogP contribution in [0.4, 0.5) is 4.39 Å². The van der Waals surface area contributed by atoms with Crippen molar-refractivity contribution < 1.29 is 24.8 Å². The van der Waals surface area contributed by atoms with E-state index in [2.05, 4.69) is 5.73 Å². The number of halogens is 1. The second-order valence-corrected chi connectivity index (χ2v) is 6.29. The molecule has 2 aromatic rings. The molecule has 0 radical (unpaired) electrons. The highest BCUT2D eigenvalue weighted by Crippen LogP contribution is 2.25. The fourth-order valence-corrected chi connectivity index (χ4v) is 2.88. The number of aliphatic hydroxyl groups is 3. The predicted molar refractivity (Wildman–Crippen MR) is 90.2 cm³/mol. The third kappa shape index (κ3) is 5.03. The molecule has 1 heterocycles. The molecule has 0 saturated carbocycles. The molecule has 1 aromatic carbocycles. The predicted octanol–water partition coefficient (Wildman–Crippen LogP) is 3.21. The molecule has 0 amide bonds. The number of phenols is 1. The van der Waals surface area contributed by atoms with Gasteiger partial charge in [-0.2, -0.15) is 0 Å². The molecular weight excluding hydrogens is 331 g/mol. The number of rotatable bonds is 7. The van der Waals surface area contributed by atoms with E-state index in [4.69, 9.17) is 5.11 Å². The van der Waals surface area contributed by atoms with E-state index in [0.717, 1.165) is 10.9 Å². The highest BCUT2D eigenvalue weighted by molar-refractivity contribution is 7.10. The van der Waals surface area contributed by atoms with Crippen molar-refractivity contribution in [1.82, 2.24) is 0 Å². The van der Waals surface area contributed by atoms with Crippen LogP contribution in [0.3, 0.4) is 0 Å². The van der Waals surface area contributed by atoms with Crippen LogP contribution in [-0.4, -0.2) is 27.0 Å². The maximum Gasteiger partial charge on any atom is 0.165 e. The van der Waals surface area contributed by atoms with Gasteiger partial charge in [-0.1, -0.05) is 12.1 Å². The van der Waals surface area contributed by atoms with Gasteiger partial charge in [0.1, 0.15) is 0 Å². The minimum atomic E-state index is -0.949. The molecule has 4 N–H and O–H groups in total. The zero-order chi connectivity index (χ0) is 17.5. The first-order chi connectivity index (χ1) is 11.5. The van der Waals surface area contributed by atoms with Crippen molar-refractivity contribution in [3.05, 3.63) is 69.4 Å². The Labute approximate surface area is 143 Å². The first-order valence-corrected chi connectivity index (χ1v) is 8.31. The van der Waals surface area contributed by atoms with E-state index in [0.29, 0.717) is 11.1 Å². The Morgan fingerprint density at radius 2 is 2.04 bits per heavy atom. The Balaban J connectivity index is 2.00. The van der Waals surface area contributed by atoms with E-state index in [-0.39, 0.29) is 19.4 Å². The minimum absolute atomic E-state index is 0.169. The first kappa shape index (κ1) is 18.4. The van der Waals surface area contributed by atoms with Crippen LogP contribution in [0.1, 0.15) is 35.5 Å². The zero-order valence-corrected chi connectivity index (χ0v) is 13.7. The lowest BCUT2D eigenvalue weighted by Gasteiger charge is -2.09. The SMILES string of the molecule is OCC(=C=CC[C@@H](O)c1ccc(O)c(F)c1)C[C@@H](O)c1cccs1. The molecule has 0 unspecified atom stereocenters. The average molecular weight is 350 g/mol. The van der Waals surface area contributed by atoms with Crippen LogP contribution in [0.15, 0.2) is 53.1 Å². The quantitative estimate of drug-likeness (QED) is 0.578. The molecule has 2 atom stereocenters. The second-order valence-electron chi connectivity index (χ2n) is 5.31. The van der Waals surface area contributed by atoms with Crippen molar-refractivity contribution in [2.45, 2.75) is 25.0 Å². The molecule has 24 heavy (non-hydrogen) atoms. The topological polar surface area (TPSA) is 80.9 Å². The molecule has 2 rings (SSSR count). The van der Waals surface area contributed by atoms with Crippen molar-refractivity contribution in [2.75, 3.05) is 6.61 Å². The third-order valence-corrected chi connectivity index (χ3v) is 4.48. The summed E-state index contributed by atoms with van der Waals surface area (Å²) < 4.78 is 13.3. The van der Waals surface area contributed by atoms with E-state index in [1.54, 1.807) is 6.08 Å². The van der Waals surface area contributed by atoms with E-state index in [9.17, 15) is 19.7 Å². The first-order valence-electron chi connectivity index (χ1n) is 7.43. The highest BCUT2D eigenvalue weighted by Gasteiger charge is 2.11. The van der Waals surface area contributed by atoms with Gasteiger partial charge in [-0.3, -0.25) is 0 Å². The maximum atomic E-state index is 13.3. The Kier molecular flexibility index (Phi) is 6.73. The molecule has 4 nitrogen and oxygen atoms in total. The largest absolute Gasteiger partial charge is 0.505 e.